The average Bonchev–Trinajstić information content (AvgIpc) is 2.97. The fraction of sp³-hybridized carbons (Fsp3) is 0.316. The molecule has 0 saturated heterocycles. The Hall–Kier alpha value is -2.33. The first kappa shape index (κ1) is 15.6. The molecule has 0 saturated carbocycles. The van der Waals surface area contributed by atoms with Crippen LogP contribution in [0.4, 0.5) is 0 Å². The summed E-state index contributed by atoms with van der Waals surface area (Å²) < 4.78 is 5.38. The fourth-order valence-corrected chi connectivity index (χ4v) is 3.25. The van der Waals surface area contributed by atoms with Crippen LogP contribution in [0, 0.1) is 0 Å². The number of hydrogen-bond acceptors (Lipinski definition) is 3. The van der Waals surface area contributed by atoms with E-state index in [2.05, 4.69) is 11.4 Å². The predicted molar refractivity (Wildman–Crippen MR) is 89.2 cm³/mol. The van der Waals surface area contributed by atoms with Crippen LogP contribution in [0.3, 0.4) is 0 Å². The van der Waals surface area contributed by atoms with Gasteiger partial charge in [-0.1, -0.05) is 24.3 Å². The molecule has 2 aromatic carbocycles. The van der Waals surface area contributed by atoms with Crippen LogP contribution in [0.2, 0.25) is 0 Å². The predicted octanol–water partition coefficient (Wildman–Crippen LogP) is 3.21. The van der Waals surface area contributed by atoms with E-state index in [-0.39, 0.29) is 0 Å². The second-order valence-electron chi connectivity index (χ2n) is 5.83. The highest BCUT2D eigenvalue weighted by atomic mass is 16.5. The van der Waals surface area contributed by atoms with Gasteiger partial charge < -0.3 is 15.2 Å². The number of carboxylic acids is 1. The number of benzene rings is 2. The molecule has 0 amide bonds. The molecule has 0 bridgehead atoms. The summed E-state index contributed by atoms with van der Waals surface area (Å²) in [5, 5.41) is 12.7. The molecule has 1 atom stereocenters. The molecule has 0 fully saturated rings. The van der Waals surface area contributed by atoms with E-state index in [0.29, 0.717) is 11.6 Å². The van der Waals surface area contributed by atoms with Crippen LogP contribution in [-0.2, 0) is 12.8 Å². The van der Waals surface area contributed by atoms with Crippen molar-refractivity contribution < 1.29 is 14.6 Å². The van der Waals surface area contributed by atoms with Crippen molar-refractivity contribution in [3.05, 3.63) is 64.7 Å². The molecule has 0 aromatic heterocycles. The molecule has 0 aliphatic heterocycles. The van der Waals surface area contributed by atoms with E-state index in [1.807, 2.05) is 24.3 Å². The number of fused-ring (bicyclic) bond motifs is 1. The molecule has 1 unspecified atom stereocenters. The average molecular weight is 311 g/mol. The van der Waals surface area contributed by atoms with Gasteiger partial charge >= 0.3 is 5.97 Å². The molecule has 120 valence electrons. The van der Waals surface area contributed by atoms with Gasteiger partial charge in [0.05, 0.1) is 12.7 Å². The van der Waals surface area contributed by atoms with Crippen LogP contribution < -0.4 is 10.1 Å². The molecule has 1 aliphatic rings. The van der Waals surface area contributed by atoms with Gasteiger partial charge in [0.25, 0.3) is 0 Å². The lowest BCUT2D eigenvalue weighted by Gasteiger charge is -2.15. The van der Waals surface area contributed by atoms with Gasteiger partial charge in [0.1, 0.15) is 5.75 Å². The number of carboxylic acid groups (broad SMARTS) is 1. The third-order valence-electron chi connectivity index (χ3n) is 4.45. The summed E-state index contributed by atoms with van der Waals surface area (Å²) in [6, 6.07) is 13.8. The van der Waals surface area contributed by atoms with Gasteiger partial charge in [-0.05, 0) is 60.7 Å². The zero-order valence-corrected chi connectivity index (χ0v) is 13.2. The summed E-state index contributed by atoms with van der Waals surface area (Å²) in [4.78, 5) is 11.0. The number of para-hydroxylation sites is 1. The molecule has 0 heterocycles. The number of nitrogens with one attached hydrogen (secondary N) is 1. The molecule has 4 heteroatoms. The Bertz CT molecular complexity index is 712. The van der Waals surface area contributed by atoms with Crippen LogP contribution in [0.1, 0.15) is 39.5 Å². The topological polar surface area (TPSA) is 58.6 Å². The molecule has 0 radical (unpaired) electrons. The first-order valence-corrected chi connectivity index (χ1v) is 7.90. The van der Waals surface area contributed by atoms with E-state index in [1.54, 1.807) is 19.2 Å². The number of carbonyl (C=O) groups is 1. The van der Waals surface area contributed by atoms with Crippen molar-refractivity contribution in [2.75, 3.05) is 13.7 Å². The lowest BCUT2D eigenvalue weighted by atomic mass is 10.0. The molecule has 4 nitrogen and oxygen atoms in total. The maximum atomic E-state index is 11.0. The van der Waals surface area contributed by atoms with Gasteiger partial charge in [-0.25, -0.2) is 4.79 Å². The second-order valence-corrected chi connectivity index (χ2v) is 5.83. The summed E-state index contributed by atoms with van der Waals surface area (Å²) in [7, 11) is 1.69. The van der Waals surface area contributed by atoms with Crippen molar-refractivity contribution >= 4 is 5.97 Å². The number of ether oxygens (including phenoxy) is 1. The van der Waals surface area contributed by atoms with Gasteiger partial charge in [-0.2, -0.15) is 0 Å². The van der Waals surface area contributed by atoms with Crippen LogP contribution in [0.5, 0.6) is 5.75 Å². The highest BCUT2D eigenvalue weighted by Crippen LogP contribution is 2.31. The van der Waals surface area contributed by atoms with Crippen molar-refractivity contribution in [3.8, 4) is 5.75 Å². The van der Waals surface area contributed by atoms with Crippen LogP contribution in [-0.4, -0.2) is 24.7 Å². The van der Waals surface area contributed by atoms with Gasteiger partial charge in [0.2, 0.25) is 0 Å². The Morgan fingerprint density at radius 3 is 2.91 bits per heavy atom. The Kier molecular flexibility index (Phi) is 4.63. The number of rotatable bonds is 6. The van der Waals surface area contributed by atoms with E-state index < -0.39 is 5.97 Å². The van der Waals surface area contributed by atoms with Crippen LogP contribution >= 0.6 is 0 Å². The van der Waals surface area contributed by atoms with E-state index in [9.17, 15) is 4.79 Å². The third kappa shape index (κ3) is 3.37. The fourth-order valence-electron chi connectivity index (χ4n) is 3.25. The lowest BCUT2D eigenvalue weighted by molar-refractivity contribution is 0.0697. The van der Waals surface area contributed by atoms with E-state index in [4.69, 9.17) is 9.84 Å². The summed E-state index contributed by atoms with van der Waals surface area (Å²) in [6.45, 7) is 0.866. The second kappa shape index (κ2) is 6.84. The Morgan fingerprint density at radius 1 is 1.30 bits per heavy atom. The van der Waals surface area contributed by atoms with E-state index >= 15 is 0 Å². The van der Waals surface area contributed by atoms with Gasteiger partial charge in [-0.15, -0.1) is 0 Å². The van der Waals surface area contributed by atoms with Crippen molar-refractivity contribution in [3.63, 3.8) is 0 Å². The van der Waals surface area contributed by atoms with Crippen molar-refractivity contribution in [2.45, 2.75) is 25.3 Å². The van der Waals surface area contributed by atoms with Crippen molar-refractivity contribution in [1.82, 2.24) is 5.32 Å². The maximum absolute atomic E-state index is 11.0. The zero-order chi connectivity index (χ0) is 16.2. The van der Waals surface area contributed by atoms with Crippen molar-refractivity contribution in [2.24, 2.45) is 0 Å². The van der Waals surface area contributed by atoms with Gasteiger partial charge in [0.15, 0.2) is 0 Å². The Balaban J connectivity index is 1.62. The molecular weight excluding hydrogens is 290 g/mol. The lowest BCUT2D eigenvalue weighted by Crippen LogP contribution is -2.22. The monoisotopic (exact) mass is 311 g/mol. The Morgan fingerprint density at radius 2 is 2.13 bits per heavy atom. The van der Waals surface area contributed by atoms with Gasteiger partial charge in [0, 0.05) is 6.04 Å². The maximum Gasteiger partial charge on any atom is 0.335 e. The van der Waals surface area contributed by atoms with E-state index in [1.165, 1.54) is 11.1 Å². The molecule has 0 spiro atoms. The molecule has 23 heavy (non-hydrogen) atoms. The van der Waals surface area contributed by atoms with Gasteiger partial charge in [-0.3, -0.25) is 0 Å². The Labute approximate surface area is 136 Å². The largest absolute Gasteiger partial charge is 0.496 e. The minimum Gasteiger partial charge on any atom is -0.496 e. The molecule has 2 aromatic rings. The normalized spacial score (nSPS) is 16.1. The van der Waals surface area contributed by atoms with E-state index in [0.717, 1.165) is 37.1 Å². The zero-order valence-electron chi connectivity index (χ0n) is 13.2. The number of hydrogen-bond donors (Lipinski definition) is 2. The summed E-state index contributed by atoms with van der Waals surface area (Å²) in [5.74, 6) is 0.0626. The highest BCUT2D eigenvalue weighted by molar-refractivity contribution is 5.88. The highest BCUT2D eigenvalue weighted by Gasteiger charge is 2.22. The standard InChI is InChI=1S/C19H21NO3/c1-23-18-5-3-2-4-13(18)10-11-20-17-9-7-14-12-15(19(21)22)6-8-16(14)17/h2-6,8,12,17,20H,7,9-11H2,1H3,(H,21,22). The van der Waals surface area contributed by atoms with Crippen LogP contribution in [0.25, 0.3) is 0 Å². The van der Waals surface area contributed by atoms with Crippen LogP contribution in [0.15, 0.2) is 42.5 Å². The summed E-state index contributed by atoms with van der Waals surface area (Å²) in [5.41, 5.74) is 3.95. The quantitative estimate of drug-likeness (QED) is 0.860. The molecule has 2 N–H and O–H groups in total. The summed E-state index contributed by atoms with van der Waals surface area (Å²) >= 11 is 0. The number of methoxy groups -OCH3 is 1. The molecule has 1 aliphatic carbocycles. The number of aromatic carboxylic acids is 1. The minimum absolute atomic E-state index is 0.308. The summed E-state index contributed by atoms with van der Waals surface area (Å²) in [6.07, 6.45) is 2.86. The first-order valence-electron chi connectivity index (χ1n) is 7.90. The minimum atomic E-state index is -0.861. The smallest absolute Gasteiger partial charge is 0.335 e. The molecule has 3 rings (SSSR count). The SMILES string of the molecule is COc1ccccc1CCNC1CCc2cc(C(=O)O)ccc21. The number of aryl methyl sites for hydroxylation is 1. The first-order chi connectivity index (χ1) is 11.2. The molecular formula is C19H21NO3. The van der Waals surface area contributed by atoms with Crippen molar-refractivity contribution in [1.29, 1.82) is 0 Å². The third-order valence-corrected chi connectivity index (χ3v) is 4.45.